The predicted molar refractivity (Wildman–Crippen MR) is 251 cm³/mol. The Labute approximate surface area is 342 Å². The van der Waals surface area contributed by atoms with Crippen LogP contribution in [0, 0.1) is 0 Å². The Hall–Kier alpha value is -7.68. The molecule has 11 aromatic rings. The molecule has 2 nitrogen and oxygen atoms in total. The van der Waals surface area contributed by atoms with E-state index in [0.29, 0.717) is 0 Å². The summed E-state index contributed by atoms with van der Waals surface area (Å²) in [7, 11) is 0. The van der Waals surface area contributed by atoms with Crippen molar-refractivity contribution in [1.82, 2.24) is 9.97 Å². The average Bonchev–Trinajstić information content (AvgIpc) is 3.54. The Bertz CT molecular complexity index is 3560. The van der Waals surface area contributed by atoms with Gasteiger partial charge in [0.1, 0.15) is 0 Å². The molecule has 1 aliphatic carbocycles. The highest BCUT2D eigenvalue weighted by molar-refractivity contribution is 6.33. The second-order valence-electron chi connectivity index (χ2n) is 15.6. The van der Waals surface area contributed by atoms with Gasteiger partial charge in [0.15, 0.2) is 0 Å². The number of nitrogens with zero attached hydrogens (tertiary/aromatic N) is 2. The Morgan fingerprint density at radius 2 is 0.983 bits per heavy atom. The lowest BCUT2D eigenvalue weighted by Gasteiger charge is -2.16. The number of rotatable bonds is 4. The van der Waals surface area contributed by atoms with E-state index in [2.05, 4.69) is 206 Å². The van der Waals surface area contributed by atoms with E-state index >= 15 is 0 Å². The number of benzene rings is 9. The lowest BCUT2D eigenvalue weighted by Crippen LogP contribution is -1.94. The number of hydrogen-bond donors (Lipinski definition) is 0. The molecular weight excluding hydrogens is 713 g/mol. The van der Waals surface area contributed by atoms with Crippen LogP contribution in [0.4, 0.5) is 0 Å². The molecule has 0 radical (unpaired) electrons. The molecule has 0 amide bonds. The van der Waals surface area contributed by atoms with Crippen LogP contribution in [-0.2, 0) is 6.42 Å². The van der Waals surface area contributed by atoms with Crippen molar-refractivity contribution in [3.05, 3.63) is 217 Å². The predicted octanol–water partition coefficient (Wildman–Crippen LogP) is 15.0. The fraction of sp³-hybridized carbons (Fsp3) is 0.0175. The van der Waals surface area contributed by atoms with Gasteiger partial charge in [-0.1, -0.05) is 182 Å². The van der Waals surface area contributed by atoms with Crippen LogP contribution in [0.5, 0.6) is 0 Å². The smallest absolute Gasteiger partial charge is 0.0794 e. The van der Waals surface area contributed by atoms with Gasteiger partial charge in [-0.15, -0.1) is 0 Å². The zero-order valence-electron chi connectivity index (χ0n) is 32.2. The van der Waals surface area contributed by atoms with E-state index in [9.17, 15) is 0 Å². The maximum Gasteiger partial charge on any atom is 0.0794 e. The standard InChI is InChI=1S/C57H36N2/c1-2-10-36(11-3-1)37-18-23-40-24-27-41-31-33-52(58-56(41)46(40)32-30-37)44-29-22-39-21-28-43(34-45(39)35-44)38-19-25-42(26-20-38)57-55-50-15-7-5-13-48(50)47-12-4-6-14-49(47)54(55)51-16-8-9-17-53(51)59-57/h1-31,33-35H,32H2. The minimum Gasteiger partial charge on any atom is -0.247 e. The molecule has 0 aliphatic heterocycles. The summed E-state index contributed by atoms with van der Waals surface area (Å²) in [6.45, 7) is 0. The van der Waals surface area contributed by atoms with Gasteiger partial charge in [-0.3, -0.25) is 0 Å². The van der Waals surface area contributed by atoms with Crippen LogP contribution in [0.25, 0.3) is 110 Å². The summed E-state index contributed by atoms with van der Waals surface area (Å²) in [5.74, 6) is 0. The summed E-state index contributed by atoms with van der Waals surface area (Å²) in [4.78, 5) is 10.7. The topological polar surface area (TPSA) is 25.8 Å². The van der Waals surface area contributed by atoms with Crippen molar-refractivity contribution in [3.8, 4) is 33.6 Å². The molecule has 0 spiro atoms. The largest absolute Gasteiger partial charge is 0.247 e. The first-order valence-corrected chi connectivity index (χ1v) is 20.4. The van der Waals surface area contributed by atoms with Crippen LogP contribution >= 0.6 is 0 Å². The molecule has 12 rings (SSSR count). The van der Waals surface area contributed by atoms with Gasteiger partial charge in [-0.05, 0) is 96.4 Å². The van der Waals surface area contributed by atoms with E-state index in [1.807, 2.05) is 0 Å². The maximum atomic E-state index is 5.36. The van der Waals surface area contributed by atoms with Crippen LogP contribution < -0.4 is 0 Å². The Balaban J connectivity index is 0.925. The first kappa shape index (κ1) is 33.5. The Kier molecular flexibility index (Phi) is 7.64. The number of fused-ring (bicyclic) bond motifs is 12. The van der Waals surface area contributed by atoms with E-state index in [4.69, 9.17) is 9.97 Å². The maximum absolute atomic E-state index is 5.36. The van der Waals surface area contributed by atoms with Crippen molar-refractivity contribution in [2.75, 3.05) is 0 Å². The lowest BCUT2D eigenvalue weighted by atomic mass is 9.89. The molecular formula is C57H36N2. The second-order valence-corrected chi connectivity index (χ2v) is 15.6. The van der Waals surface area contributed by atoms with Crippen molar-refractivity contribution in [3.63, 3.8) is 0 Å². The fourth-order valence-electron chi connectivity index (χ4n) is 9.34. The molecule has 0 unspecified atom stereocenters. The van der Waals surface area contributed by atoms with E-state index in [0.717, 1.165) is 45.4 Å². The molecule has 0 saturated heterocycles. The number of hydrogen-bond acceptors (Lipinski definition) is 2. The third-order valence-corrected chi connectivity index (χ3v) is 12.3. The van der Waals surface area contributed by atoms with Crippen LogP contribution in [0.3, 0.4) is 0 Å². The zero-order valence-corrected chi connectivity index (χ0v) is 32.2. The highest BCUT2D eigenvalue weighted by atomic mass is 14.7. The van der Waals surface area contributed by atoms with Gasteiger partial charge in [0.2, 0.25) is 0 Å². The van der Waals surface area contributed by atoms with Crippen molar-refractivity contribution < 1.29 is 0 Å². The zero-order chi connectivity index (χ0) is 38.9. The van der Waals surface area contributed by atoms with Crippen molar-refractivity contribution >= 4 is 76.5 Å². The van der Waals surface area contributed by atoms with Crippen LogP contribution in [0.2, 0.25) is 0 Å². The third kappa shape index (κ3) is 5.56. The first-order valence-electron chi connectivity index (χ1n) is 20.4. The minimum absolute atomic E-state index is 0.834. The molecule has 0 atom stereocenters. The van der Waals surface area contributed by atoms with Crippen molar-refractivity contribution in [2.24, 2.45) is 0 Å². The Morgan fingerprint density at radius 3 is 1.78 bits per heavy atom. The SMILES string of the molecule is C1=Cc2ccc3ccc(-c4ccc5ccc(-c6ccc(-c7nc8ccccc8c8c9ccccc9c9ccccc9c78)cc6)cc5c4)nc3c2CC=C1c1ccccc1. The van der Waals surface area contributed by atoms with E-state index in [1.54, 1.807) is 0 Å². The highest BCUT2D eigenvalue weighted by Crippen LogP contribution is 2.43. The number of allylic oxidation sites excluding steroid dienone is 3. The molecule has 9 aromatic carbocycles. The van der Waals surface area contributed by atoms with Gasteiger partial charge < -0.3 is 0 Å². The first-order chi connectivity index (χ1) is 29.2. The summed E-state index contributed by atoms with van der Waals surface area (Å²) in [5.41, 5.74) is 13.6. The summed E-state index contributed by atoms with van der Waals surface area (Å²) < 4.78 is 0. The lowest BCUT2D eigenvalue weighted by molar-refractivity contribution is 1.26. The summed E-state index contributed by atoms with van der Waals surface area (Å²) in [6.07, 6.45) is 7.64. The van der Waals surface area contributed by atoms with E-state index in [1.165, 1.54) is 81.9 Å². The number of aromatic nitrogens is 2. The molecule has 274 valence electrons. The van der Waals surface area contributed by atoms with E-state index < -0.39 is 0 Å². The highest BCUT2D eigenvalue weighted by Gasteiger charge is 2.18. The van der Waals surface area contributed by atoms with Crippen LogP contribution in [-0.4, -0.2) is 9.97 Å². The molecule has 0 saturated carbocycles. The monoisotopic (exact) mass is 748 g/mol. The van der Waals surface area contributed by atoms with Gasteiger partial charge in [0.05, 0.1) is 22.4 Å². The van der Waals surface area contributed by atoms with Gasteiger partial charge >= 0.3 is 0 Å². The number of pyridine rings is 2. The van der Waals surface area contributed by atoms with Crippen molar-refractivity contribution in [1.29, 1.82) is 0 Å². The fourth-order valence-corrected chi connectivity index (χ4v) is 9.34. The third-order valence-electron chi connectivity index (χ3n) is 12.3. The quantitative estimate of drug-likeness (QED) is 0.168. The normalized spacial score (nSPS) is 12.7. The molecule has 2 aromatic heterocycles. The molecule has 2 heterocycles. The second kappa shape index (κ2) is 13.5. The molecule has 2 heteroatoms. The van der Waals surface area contributed by atoms with Gasteiger partial charge in [-0.25, -0.2) is 9.97 Å². The average molecular weight is 749 g/mol. The summed E-state index contributed by atoms with van der Waals surface area (Å²) in [5, 5.41) is 12.2. The molecule has 59 heavy (non-hydrogen) atoms. The molecule has 1 aliphatic rings. The number of para-hydroxylation sites is 1. The summed E-state index contributed by atoms with van der Waals surface area (Å²) >= 11 is 0. The molecule has 0 bridgehead atoms. The van der Waals surface area contributed by atoms with Gasteiger partial charge in [0.25, 0.3) is 0 Å². The van der Waals surface area contributed by atoms with Crippen LogP contribution in [0.1, 0.15) is 16.7 Å². The van der Waals surface area contributed by atoms with Gasteiger partial charge in [0, 0.05) is 32.7 Å². The molecule has 0 fully saturated rings. The van der Waals surface area contributed by atoms with E-state index in [-0.39, 0.29) is 0 Å². The van der Waals surface area contributed by atoms with Gasteiger partial charge in [-0.2, -0.15) is 0 Å². The summed E-state index contributed by atoms with van der Waals surface area (Å²) in [6, 6.07) is 68.0. The Morgan fingerprint density at radius 1 is 0.373 bits per heavy atom. The molecule has 0 N–H and O–H groups in total. The minimum atomic E-state index is 0.834. The van der Waals surface area contributed by atoms with Crippen LogP contribution in [0.15, 0.2) is 200 Å². The van der Waals surface area contributed by atoms with Crippen molar-refractivity contribution in [2.45, 2.75) is 6.42 Å².